The Morgan fingerprint density at radius 2 is 1.17 bits per heavy atom. The van der Waals surface area contributed by atoms with Gasteiger partial charge < -0.3 is 4.74 Å². The number of ether oxygens (including phenoxy) is 1. The van der Waals surface area contributed by atoms with Crippen molar-refractivity contribution in [2.24, 2.45) is 41.4 Å². The average molecular weight is 497 g/mol. The Morgan fingerprint density at radius 1 is 0.583 bits per heavy atom. The highest BCUT2D eigenvalue weighted by Gasteiger charge is 2.31. The van der Waals surface area contributed by atoms with Gasteiger partial charge in [-0.3, -0.25) is 0 Å². The molecule has 4 rings (SSSR count). The van der Waals surface area contributed by atoms with E-state index >= 15 is 0 Å². The largest absolute Gasteiger partial charge is 0.378 e. The number of unbranched alkanes of at least 4 members (excludes halogenated alkanes) is 2. The van der Waals surface area contributed by atoms with Gasteiger partial charge in [0, 0.05) is 5.92 Å². The summed E-state index contributed by atoms with van der Waals surface area (Å²) in [6.45, 7) is 5.61. The third kappa shape index (κ3) is 9.32. The monoisotopic (exact) mass is 496 g/mol. The molecule has 4 aliphatic rings. The Bertz CT molecular complexity index is 625. The lowest BCUT2D eigenvalue weighted by atomic mass is 9.70. The maximum absolute atomic E-state index is 6.43. The maximum atomic E-state index is 6.43. The van der Waals surface area contributed by atoms with Crippen LogP contribution >= 0.6 is 0 Å². The molecule has 1 nitrogen and oxygen atoms in total. The fourth-order valence-electron chi connectivity index (χ4n) is 8.15. The van der Waals surface area contributed by atoms with Crippen LogP contribution in [0.1, 0.15) is 142 Å². The third-order valence-corrected chi connectivity index (χ3v) is 10.7. The Balaban J connectivity index is 1.06. The second-order valence-electron chi connectivity index (χ2n) is 13.5. The van der Waals surface area contributed by atoms with Crippen molar-refractivity contribution in [2.75, 3.05) is 6.61 Å². The SMILES string of the molecule is CCCCCC1CCC(C=CC2CCC(C3CCC(OCC4C=CC(CCC)CC4)CC3)CC2)CC1. The molecule has 1 heteroatoms. The van der Waals surface area contributed by atoms with Crippen molar-refractivity contribution in [3.63, 3.8) is 0 Å². The summed E-state index contributed by atoms with van der Waals surface area (Å²) >= 11 is 0. The molecule has 0 amide bonds. The summed E-state index contributed by atoms with van der Waals surface area (Å²) in [4.78, 5) is 0. The minimum Gasteiger partial charge on any atom is -0.378 e. The van der Waals surface area contributed by atoms with Gasteiger partial charge >= 0.3 is 0 Å². The van der Waals surface area contributed by atoms with E-state index < -0.39 is 0 Å². The second kappa shape index (κ2) is 15.8. The van der Waals surface area contributed by atoms with E-state index in [4.69, 9.17) is 4.74 Å². The van der Waals surface area contributed by atoms with E-state index in [1.807, 2.05) is 0 Å². The highest BCUT2D eigenvalue weighted by Crippen LogP contribution is 2.41. The quantitative estimate of drug-likeness (QED) is 0.193. The van der Waals surface area contributed by atoms with Gasteiger partial charge in [0.15, 0.2) is 0 Å². The Labute approximate surface area is 225 Å². The van der Waals surface area contributed by atoms with Crippen LogP contribution in [0.2, 0.25) is 0 Å². The highest BCUT2D eigenvalue weighted by molar-refractivity contribution is 4.99. The predicted molar refractivity (Wildman–Crippen MR) is 156 cm³/mol. The van der Waals surface area contributed by atoms with Crippen LogP contribution in [0.4, 0.5) is 0 Å². The summed E-state index contributed by atoms with van der Waals surface area (Å²) in [6.07, 6.45) is 39.3. The van der Waals surface area contributed by atoms with Crippen molar-refractivity contribution in [2.45, 2.75) is 148 Å². The molecule has 0 aromatic heterocycles. The molecule has 4 aliphatic carbocycles. The van der Waals surface area contributed by atoms with Crippen LogP contribution in [-0.4, -0.2) is 12.7 Å². The van der Waals surface area contributed by atoms with E-state index in [1.165, 1.54) is 128 Å². The van der Waals surface area contributed by atoms with Crippen molar-refractivity contribution in [1.82, 2.24) is 0 Å². The van der Waals surface area contributed by atoms with Crippen molar-refractivity contribution in [3.05, 3.63) is 24.3 Å². The lowest BCUT2D eigenvalue weighted by molar-refractivity contribution is -0.00511. The predicted octanol–water partition coefficient (Wildman–Crippen LogP) is 10.7. The molecule has 3 fully saturated rings. The zero-order chi connectivity index (χ0) is 25.0. The van der Waals surface area contributed by atoms with Crippen molar-refractivity contribution in [3.8, 4) is 0 Å². The molecule has 2 atom stereocenters. The molecular weight excluding hydrogens is 436 g/mol. The van der Waals surface area contributed by atoms with Crippen LogP contribution < -0.4 is 0 Å². The van der Waals surface area contributed by atoms with Crippen LogP contribution in [0, 0.1) is 41.4 Å². The van der Waals surface area contributed by atoms with Gasteiger partial charge in [-0.1, -0.05) is 70.3 Å². The van der Waals surface area contributed by atoms with E-state index in [1.54, 1.807) is 0 Å². The second-order valence-corrected chi connectivity index (χ2v) is 13.5. The van der Waals surface area contributed by atoms with E-state index in [0.717, 1.165) is 42.1 Å². The van der Waals surface area contributed by atoms with Crippen LogP contribution in [-0.2, 0) is 4.74 Å². The van der Waals surface area contributed by atoms with Gasteiger partial charge in [0.25, 0.3) is 0 Å². The number of hydrogen-bond donors (Lipinski definition) is 0. The van der Waals surface area contributed by atoms with Gasteiger partial charge in [-0.15, -0.1) is 0 Å². The molecule has 0 aromatic rings. The molecule has 0 saturated heterocycles. The molecule has 206 valence electrons. The molecule has 0 N–H and O–H groups in total. The van der Waals surface area contributed by atoms with Crippen molar-refractivity contribution in [1.29, 1.82) is 0 Å². The van der Waals surface area contributed by atoms with E-state index in [2.05, 4.69) is 38.2 Å². The van der Waals surface area contributed by atoms with Gasteiger partial charge in [0.1, 0.15) is 0 Å². The zero-order valence-electron chi connectivity index (χ0n) is 24.2. The third-order valence-electron chi connectivity index (χ3n) is 10.7. The summed E-state index contributed by atoms with van der Waals surface area (Å²) in [5, 5.41) is 0. The van der Waals surface area contributed by atoms with Crippen molar-refractivity contribution >= 4 is 0 Å². The summed E-state index contributed by atoms with van der Waals surface area (Å²) in [5.74, 6) is 6.32. The molecule has 0 spiro atoms. The van der Waals surface area contributed by atoms with Gasteiger partial charge in [0.05, 0.1) is 12.7 Å². The molecule has 0 aromatic carbocycles. The first kappa shape index (κ1) is 28.4. The fourth-order valence-corrected chi connectivity index (χ4v) is 8.15. The minimum absolute atomic E-state index is 0.545. The first-order valence-electron chi connectivity index (χ1n) is 16.7. The van der Waals surface area contributed by atoms with Crippen LogP contribution in [0.15, 0.2) is 24.3 Å². The van der Waals surface area contributed by atoms with Crippen LogP contribution in [0.5, 0.6) is 0 Å². The first-order chi connectivity index (χ1) is 17.7. The van der Waals surface area contributed by atoms with E-state index in [0.29, 0.717) is 12.0 Å². The van der Waals surface area contributed by atoms with Crippen LogP contribution in [0.25, 0.3) is 0 Å². The molecule has 0 heterocycles. The molecule has 3 saturated carbocycles. The maximum Gasteiger partial charge on any atom is 0.0575 e. The lowest BCUT2D eigenvalue weighted by Gasteiger charge is -2.37. The van der Waals surface area contributed by atoms with Gasteiger partial charge in [-0.2, -0.15) is 0 Å². The topological polar surface area (TPSA) is 9.23 Å². The normalized spacial score (nSPS) is 37.9. The Kier molecular flexibility index (Phi) is 12.5. The number of rotatable bonds is 12. The number of hydrogen-bond acceptors (Lipinski definition) is 1. The first-order valence-corrected chi connectivity index (χ1v) is 16.7. The summed E-state index contributed by atoms with van der Waals surface area (Å²) in [6, 6.07) is 0. The Hall–Kier alpha value is -0.560. The lowest BCUT2D eigenvalue weighted by Crippen LogP contribution is -2.29. The van der Waals surface area contributed by atoms with Gasteiger partial charge in [-0.25, -0.2) is 0 Å². The smallest absolute Gasteiger partial charge is 0.0575 e. The number of allylic oxidation sites excluding steroid dienone is 3. The molecular formula is C35H60O. The molecule has 2 unspecified atom stereocenters. The summed E-state index contributed by atoms with van der Waals surface area (Å²) in [5.41, 5.74) is 0. The molecule has 0 radical (unpaired) electrons. The van der Waals surface area contributed by atoms with Gasteiger partial charge in [-0.05, 0) is 132 Å². The molecule has 0 aliphatic heterocycles. The highest BCUT2D eigenvalue weighted by atomic mass is 16.5. The fraction of sp³-hybridized carbons (Fsp3) is 0.886. The van der Waals surface area contributed by atoms with Crippen LogP contribution in [0.3, 0.4) is 0 Å². The summed E-state index contributed by atoms with van der Waals surface area (Å²) in [7, 11) is 0. The van der Waals surface area contributed by atoms with Crippen molar-refractivity contribution < 1.29 is 4.74 Å². The molecule has 0 bridgehead atoms. The standard InChI is InChI=1S/C35H60O/c1-3-5-6-8-29-9-11-30(12-10-29)13-14-31-19-21-33(22-20-31)34-23-25-35(26-24-34)36-27-32-17-15-28(7-4-2)16-18-32/h13-15,17,28-35H,3-12,16,18-27H2,1-2H3. The van der Waals surface area contributed by atoms with E-state index in [9.17, 15) is 0 Å². The Morgan fingerprint density at radius 3 is 1.75 bits per heavy atom. The van der Waals surface area contributed by atoms with Gasteiger partial charge in [0.2, 0.25) is 0 Å². The van der Waals surface area contributed by atoms with E-state index in [-0.39, 0.29) is 0 Å². The average Bonchev–Trinajstić information content (AvgIpc) is 2.93. The zero-order valence-corrected chi connectivity index (χ0v) is 24.2. The summed E-state index contributed by atoms with van der Waals surface area (Å²) < 4.78 is 6.43. The molecule has 36 heavy (non-hydrogen) atoms. The minimum atomic E-state index is 0.545.